The van der Waals surface area contributed by atoms with Crippen molar-refractivity contribution in [2.75, 3.05) is 25.0 Å². The van der Waals surface area contributed by atoms with Crippen LogP contribution in [0.2, 0.25) is 0 Å². The van der Waals surface area contributed by atoms with E-state index in [4.69, 9.17) is 5.11 Å². The average molecular weight is 326 g/mol. The van der Waals surface area contributed by atoms with E-state index in [1.165, 1.54) is 0 Å². The number of anilines is 1. The molecule has 0 bridgehead atoms. The van der Waals surface area contributed by atoms with Crippen molar-refractivity contribution in [2.45, 2.75) is 13.3 Å². The van der Waals surface area contributed by atoms with Crippen molar-refractivity contribution in [1.29, 1.82) is 0 Å². The van der Waals surface area contributed by atoms with Gasteiger partial charge in [-0.1, -0.05) is 25.1 Å². The van der Waals surface area contributed by atoms with Gasteiger partial charge in [0, 0.05) is 18.2 Å². The molecule has 1 heterocycles. The van der Waals surface area contributed by atoms with Crippen LogP contribution >= 0.6 is 0 Å². The summed E-state index contributed by atoms with van der Waals surface area (Å²) in [4.78, 5) is 19.4. The number of carboxylic acids is 1. The number of hydrogen-bond acceptors (Lipinski definition) is 5. The lowest BCUT2D eigenvalue weighted by Crippen LogP contribution is -2.17. The van der Waals surface area contributed by atoms with Crippen LogP contribution in [-0.4, -0.2) is 40.7 Å². The summed E-state index contributed by atoms with van der Waals surface area (Å²) in [6, 6.07) is 7.53. The van der Waals surface area contributed by atoms with Gasteiger partial charge in [-0.15, -0.1) is 0 Å². The quantitative estimate of drug-likeness (QED) is 0.485. The number of nitrogens with zero attached hydrogens (tertiary/aromatic N) is 2. The van der Waals surface area contributed by atoms with Gasteiger partial charge in [0.1, 0.15) is 5.82 Å². The SMILES string of the molecule is CCNCCCNc1cncc(-c2cccc(C=CC(=O)O)c2)n1. The summed E-state index contributed by atoms with van der Waals surface area (Å²) in [5.74, 6) is -0.237. The molecule has 3 N–H and O–H groups in total. The summed E-state index contributed by atoms with van der Waals surface area (Å²) in [5, 5.41) is 15.2. The molecule has 0 aliphatic rings. The monoisotopic (exact) mass is 326 g/mol. The summed E-state index contributed by atoms with van der Waals surface area (Å²) in [6.45, 7) is 4.85. The zero-order valence-electron chi connectivity index (χ0n) is 13.7. The minimum Gasteiger partial charge on any atom is -0.478 e. The van der Waals surface area contributed by atoms with Crippen LogP contribution in [0.5, 0.6) is 0 Å². The molecule has 0 saturated carbocycles. The molecular weight excluding hydrogens is 304 g/mol. The highest BCUT2D eigenvalue weighted by atomic mass is 16.4. The van der Waals surface area contributed by atoms with Crippen LogP contribution in [0.4, 0.5) is 5.82 Å². The van der Waals surface area contributed by atoms with E-state index in [0.29, 0.717) is 0 Å². The molecular formula is C18H22N4O2. The third-order valence-electron chi connectivity index (χ3n) is 3.32. The van der Waals surface area contributed by atoms with Gasteiger partial charge in [0.25, 0.3) is 0 Å². The maximum absolute atomic E-state index is 10.6. The number of benzene rings is 1. The molecule has 24 heavy (non-hydrogen) atoms. The largest absolute Gasteiger partial charge is 0.478 e. The van der Waals surface area contributed by atoms with Gasteiger partial charge in [-0.05, 0) is 37.2 Å². The first-order chi connectivity index (χ1) is 11.7. The van der Waals surface area contributed by atoms with E-state index in [0.717, 1.165) is 54.8 Å². The Labute approximate surface area is 141 Å². The minimum atomic E-state index is -0.969. The summed E-state index contributed by atoms with van der Waals surface area (Å²) < 4.78 is 0. The Morgan fingerprint density at radius 3 is 2.96 bits per heavy atom. The maximum atomic E-state index is 10.6. The summed E-state index contributed by atoms with van der Waals surface area (Å²) in [7, 11) is 0. The van der Waals surface area contributed by atoms with E-state index in [1.54, 1.807) is 18.5 Å². The van der Waals surface area contributed by atoms with Gasteiger partial charge in [0.2, 0.25) is 0 Å². The first-order valence-corrected chi connectivity index (χ1v) is 7.97. The molecule has 126 valence electrons. The molecule has 2 rings (SSSR count). The highest BCUT2D eigenvalue weighted by Gasteiger charge is 2.03. The number of nitrogens with one attached hydrogen (secondary N) is 2. The summed E-state index contributed by atoms with van der Waals surface area (Å²) >= 11 is 0. The van der Waals surface area contributed by atoms with Crippen LogP contribution in [0, 0.1) is 0 Å². The van der Waals surface area contributed by atoms with Gasteiger partial charge in [-0.2, -0.15) is 0 Å². The summed E-state index contributed by atoms with van der Waals surface area (Å²) in [5.41, 5.74) is 2.45. The Kier molecular flexibility index (Phi) is 6.91. The average Bonchev–Trinajstić information content (AvgIpc) is 2.60. The fraction of sp³-hybridized carbons (Fsp3) is 0.278. The van der Waals surface area contributed by atoms with Crippen molar-refractivity contribution in [1.82, 2.24) is 15.3 Å². The maximum Gasteiger partial charge on any atom is 0.328 e. The van der Waals surface area contributed by atoms with E-state index < -0.39 is 5.97 Å². The van der Waals surface area contributed by atoms with Crippen molar-refractivity contribution in [3.05, 3.63) is 48.3 Å². The van der Waals surface area contributed by atoms with E-state index in [2.05, 4.69) is 27.5 Å². The number of carbonyl (C=O) groups is 1. The topological polar surface area (TPSA) is 87.1 Å². The number of aliphatic carboxylic acids is 1. The van der Waals surface area contributed by atoms with E-state index in [1.807, 2.05) is 24.3 Å². The zero-order chi connectivity index (χ0) is 17.2. The molecule has 1 aromatic carbocycles. The molecule has 0 atom stereocenters. The Morgan fingerprint density at radius 1 is 1.29 bits per heavy atom. The fourth-order valence-corrected chi connectivity index (χ4v) is 2.17. The third kappa shape index (κ3) is 5.81. The zero-order valence-corrected chi connectivity index (χ0v) is 13.7. The molecule has 0 spiro atoms. The summed E-state index contributed by atoms with van der Waals surface area (Å²) in [6.07, 6.45) is 7.08. The second-order valence-corrected chi connectivity index (χ2v) is 5.22. The van der Waals surface area contributed by atoms with Gasteiger partial charge >= 0.3 is 5.97 Å². The predicted molar refractivity (Wildman–Crippen MR) is 95.8 cm³/mol. The first-order valence-electron chi connectivity index (χ1n) is 7.97. The number of carboxylic acid groups (broad SMARTS) is 1. The van der Waals surface area contributed by atoms with Gasteiger partial charge in [-0.3, -0.25) is 4.98 Å². The van der Waals surface area contributed by atoms with Crippen LogP contribution in [0.25, 0.3) is 17.3 Å². The van der Waals surface area contributed by atoms with Gasteiger partial charge in [0.15, 0.2) is 0 Å². The van der Waals surface area contributed by atoms with Crippen LogP contribution in [0.1, 0.15) is 18.9 Å². The fourth-order valence-electron chi connectivity index (χ4n) is 2.17. The second kappa shape index (κ2) is 9.42. The molecule has 0 saturated heterocycles. The van der Waals surface area contributed by atoms with Gasteiger partial charge in [-0.25, -0.2) is 9.78 Å². The molecule has 2 aromatic rings. The third-order valence-corrected chi connectivity index (χ3v) is 3.32. The molecule has 0 aliphatic carbocycles. The van der Waals surface area contributed by atoms with Crippen molar-refractivity contribution in [3.8, 4) is 11.3 Å². The number of rotatable bonds is 9. The molecule has 0 aliphatic heterocycles. The highest BCUT2D eigenvalue weighted by molar-refractivity contribution is 5.85. The van der Waals surface area contributed by atoms with Crippen molar-refractivity contribution in [2.24, 2.45) is 0 Å². The Morgan fingerprint density at radius 2 is 2.17 bits per heavy atom. The second-order valence-electron chi connectivity index (χ2n) is 5.22. The lowest BCUT2D eigenvalue weighted by Gasteiger charge is -2.08. The van der Waals surface area contributed by atoms with Crippen LogP contribution in [0.3, 0.4) is 0 Å². The normalized spacial score (nSPS) is 10.9. The van der Waals surface area contributed by atoms with E-state index in [9.17, 15) is 4.79 Å². The van der Waals surface area contributed by atoms with Crippen molar-refractivity contribution in [3.63, 3.8) is 0 Å². The molecule has 6 heteroatoms. The molecule has 0 unspecified atom stereocenters. The lowest BCUT2D eigenvalue weighted by molar-refractivity contribution is -0.131. The predicted octanol–water partition coefficient (Wildman–Crippen LogP) is 2.65. The number of hydrogen-bond donors (Lipinski definition) is 3. The molecule has 6 nitrogen and oxygen atoms in total. The molecule has 0 amide bonds. The number of aromatic nitrogens is 2. The Hall–Kier alpha value is -2.73. The van der Waals surface area contributed by atoms with Crippen LogP contribution in [0.15, 0.2) is 42.7 Å². The lowest BCUT2D eigenvalue weighted by atomic mass is 10.1. The molecule has 0 radical (unpaired) electrons. The standard InChI is InChI=1S/C18H22N4O2/c1-2-19-9-4-10-21-17-13-20-12-16(22-17)15-6-3-5-14(11-15)7-8-18(23)24/h3,5-8,11-13,19H,2,4,9-10H2,1H3,(H,21,22)(H,23,24). The van der Waals surface area contributed by atoms with Crippen LogP contribution in [-0.2, 0) is 4.79 Å². The molecule has 1 aromatic heterocycles. The van der Waals surface area contributed by atoms with Gasteiger partial charge < -0.3 is 15.7 Å². The van der Waals surface area contributed by atoms with Gasteiger partial charge in [0.05, 0.1) is 18.1 Å². The Bertz CT molecular complexity index is 701. The van der Waals surface area contributed by atoms with Crippen molar-refractivity contribution >= 4 is 17.9 Å². The van der Waals surface area contributed by atoms with E-state index in [-0.39, 0.29) is 0 Å². The van der Waals surface area contributed by atoms with Crippen molar-refractivity contribution < 1.29 is 9.90 Å². The minimum absolute atomic E-state index is 0.732. The first kappa shape index (κ1) is 17.6. The van der Waals surface area contributed by atoms with Crippen LogP contribution < -0.4 is 10.6 Å². The highest BCUT2D eigenvalue weighted by Crippen LogP contribution is 2.19. The van der Waals surface area contributed by atoms with E-state index >= 15 is 0 Å². The Balaban J connectivity index is 2.05. The molecule has 0 fully saturated rings. The smallest absolute Gasteiger partial charge is 0.328 e.